The SMILES string of the molecule is Cc1ccc(CC(C(=O)O)c2ccc(Cl)cc2)cc1. The largest absolute Gasteiger partial charge is 0.481 e. The summed E-state index contributed by atoms with van der Waals surface area (Å²) < 4.78 is 0. The minimum atomic E-state index is -0.817. The Morgan fingerprint density at radius 2 is 1.68 bits per heavy atom. The molecule has 3 heteroatoms. The number of rotatable bonds is 4. The zero-order valence-electron chi connectivity index (χ0n) is 10.6. The van der Waals surface area contributed by atoms with E-state index in [1.165, 1.54) is 5.56 Å². The Bertz CT molecular complexity index is 558. The molecular formula is C16H15ClO2. The molecule has 1 N–H and O–H groups in total. The molecule has 2 aromatic rings. The van der Waals surface area contributed by atoms with Crippen LogP contribution in [0.5, 0.6) is 0 Å². The van der Waals surface area contributed by atoms with E-state index in [4.69, 9.17) is 11.6 Å². The van der Waals surface area contributed by atoms with Crippen LogP contribution in [0.3, 0.4) is 0 Å². The second-order valence-electron chi connectivity index (χ2n) is 4.63. The Morgan fingerprint density at radius 3 is 2.21 bits per heavy atom. The fourth-order valence-electron chi connectivity index (χ4n) is 2.00. The van der Waals surface area contributed by atoms with Crippen LogP contribution in [0.25, 0.3) is 0 Å². The van der Waals surface area contributed by atoms with Crippen LogP contribution >= 0.6 is 11.6 Å². The number of hydrogen-bond acceptors (Lipinski definition) is 1. The summed E-state index contributed by atoms with van der Waals surface area (Å²) in [6.07, 6.45) is 0.483. The van der Waals surface area contributed by atoms with Crippen molar-refractivity contribution >= 4 is 17.6 Å². The van der Waals surface area contributed by atoms with Crippen molar-refractivity contribution in [3.63, 3.8) is 0 Å². The molecule has 0 fully saturated rings. The first kappa shape index (κ1) is 13.6. The fraction of sp³-hybridized carbons (Fsp3) is 0.188. The van der Waals surface area contributed by atoms with Gasteiger partial charge in [-0.1, -0.05) is 53.6 Å². The average Bonchev–Trinajstić information content (AvgIpc) is 2.39. The maximum absolute atomic E-state index is 11.4. The van der Waals surface area contributed by atoms with Gasteiger partial charge in [-0.2, -0.15) is 0 Å². The third-order valence-electron chi connectivity index (χ3n) is 3.13. The second kappa shape index (κ2) is 5.89. The van der Waals surface area contributed by atoms with Crippen molar-refractivity contribution in [3.05, 3.63) is 70.2 Å². The number of benzene rings is 2. The molecule has 0 radical (unpaired) electrons. The normalized spacial score (nSPS) is 12.1. The summed E-state index contributed by atoms with van der Waals surface area (Å²) in [6.45, 7) is 2.01. The molecular weight excluding hydrogens is 260 g/mol. The maximum Gasteiger partial charge on any atom is 0.311 e. The van der Waals surface area contributed by atoms with Crippen molar-refractivity contribution in [1.82, 2.24) is 0 Å². The molecule has 2 aromatic carbocycles. The van der Waals surface area contributed by atoms with Crippen molar-refractivity contribution in [2.75, 3.05) is 0 Å². The highest BCUT2D eigenvalue weighted by molar-refractivity contribution is 6.30. The fourth-order valence-corrected chi connectivity index (χ4v) is 2.13. The van der Waals surface area contributed by atoms with Crippen molar-refractivity contribution in [3.8, 4) is 0 Å². The van der Waals surface area contributed by atoms with Crippen molar-refractivity contribution in [2.24, 2.45) is 0 Å². The van der Waals surface area contributed by atoms with Crippen LogP contribution < -0.4 is 0 Å². The zero-order valence-corrected chi connectivity index (χ0v) is 11.4. The molecule has 0 aliphatic rings. The highest BCUT2D eigenvalue weighted by Crippen LogP contribution is 2.23. The molecule has 0 aromatic heterocycles. The molecule has 2 rings (SSSR count). The van der Waals surface area contributed by atoms with Crippen molar-refractivity contribution in [2.45, 2.75) is 19.3 Å². The molecule has 98 valence electrons. The van der Waals surface area contributed by atoms with E-state index < -0.39 is 11.9 Å². The summed E-state index contributed by atoms with van der Waals surface area (Å²) in [6, 6.07) is 14.9. The van der Waals surface area contributed by atoms with Gasteiger partial charge in [0.05, 0.1) is 5.92 Å². The van der Waals surface area contributed by atoms with Crippen LogP contribution in [0.4, 0.5) is 0 Å². The summed E-state index contributed by atoms with van der Waals surface area (Å²) in [4.78, 5) is 11.4. The molecule has 0 bridgehead atoms. The molecule has 0 saturated carbocycles. The summed E-state index contributed by atoms with van der Waals surface area (Å²) in [5.41, 5.74) is 2.97. The van der Waals surface area contributed by atoms with Gasteiger partial charge >= 0.3 is 5.97 Å². The van der Waals surface area contributed by atoms with E-state index >= 15 is 0 Å². The minimum Gasteiger partial charge on any atom is -0.481 e. The van der Waals surface area contributed by atoms with Gasteiger partial charge in [-0.05, 0) is 36.6 Å². The predicted molar refractivity (Wildman–Crippen MR) is 76.7 cm³/mol. The maximum atomic E-state index is 11.4. The van der Waals surface area contributed by atoms with E-state index in [2.05, 4.69) is 0 Å². The van der Waals surface area contributed by atoms with Gasteiger partial charge in [0.25, 0.3) is 0 Å². The van der Waals surface area contributed by atoms with Crippen LogP contribution in [0.15, 0.2) is 48.5 Å². The van der Waals surface area contributed by atoms with E-state index in [1.54, 1.807) is 24.3 Å². The molecule has 2 nitrogen and oxygen atoms in total. The Balaban J connectivity index is 2.23. The zero-order chi connectivity index (χ0) is 13.8. The average molecular weight is 275 g/mol. The minimum absolute atomic E-state index is 0.483. The highest BCUT2D eigenvalue weighted by atomic mass is 35.5. The van der Waals surface area contributed by atoms with Crippen LogP contribution in [-0.4, -0.2) is 11.1 Å². The summed E-state index contributed by atoms with van der Waals surface area (Å²) in [7, 11) is 0. The molecule has 0 aliphatic heterocycles. The van der Waals surface area contributed by atoms with Gasteiger partial charge < -0.3 is 5.11 Å². The van der Waals surface area contributed by atoms with Gasteiger partial charge in [-0.15, -0.1) is 0 Å². The van der Waals surface area contributed by atoms with Crippen LogP contribution in [0.1, 0.15) is 22.6 Å². The van der Waals surface area contributed by atoms with E-state index in [-0.39, 0.29) is 0 Å². The topological polar surface area (TPSA) is 37.3 Å². The van der Waals surface area contributed by atoms with Gasteiger partial charge in [0.1, 0.15) is 0 Å². The molecule has 19 heavy (non-hydrogen) atoms. The monoisotopic (exact) mass is 274 g/mol. The van der Waals surface area contributed by atoms with E-state index in [0.717, 1.165) is 11.1 Å². The Hall–Kier alpha value is -1.80. The Kier molecular flexibility index (Phi) is 4.23. The summed E-state index contributed by atoms with van der Waals surface area (Å²) in [5.74, 6) is -1.36. The third kappa shape index (κ3) is 3.58. The number of carboxylic acids is 1. The number of aliphatic carboxylic acids is 1. The third-order valence-corrected chi connectivity index (χ3v) is 3.38. The lowest BCUT2D eigenvalue weighted by Crippen LogP contribution is -2.14. The first-order chi connectivity index (χ1) is 9.06. The first-order valence-electron chi connectivity index (χ1n) is 6.10. The number of hydrogen-bond donors (Lipinski definition) is 1. The van der Waals surface area contributed by atoms with Crippen molar-refractivity contribution < 1.29 is 9.90 Å². The number of carboxylic acid groups (broad SMARTS) is 1. The lowest BCUT2D eigenvalue weighted by atomic mass is 9.92. The van der Waals surface area contributed by atoms with Gasteiger partial charge in [0.15, 0.2) is 0 Å². The molecule has 0 heterocycles. The molecule has 0 amide bonds. The molecule has 1 atom stereocenters. The lowest BCUT2D eigenvalue weighted by Gasteiger charge is -2.13. The predicted octanol–water partition coefficient (Wildman–Crippen LogP) is 4.06. The second-order valence-corrected chi connectivity index (χ2v) is 5.07. The van der Waals surface area contributed by atoms with Crippen LogP contribution in [-0.2, 0) is 11.2 Å². The van der Waals surface area contributed by atoms with Gasteiger partial charge in [0.2, 0.25) is 0 Å². The quantitative estimate of drug-likeness (QED) is 0.913. The van der Waals surface area contributed by atoms with E-state index in [9.17, 15) is 9.90 Å². The van der Waals surface area contributed by atoms with Gasteiger partial charge in [-0.3, -0.25) is 4.79 Å². The Labute approximate surface area is 117 Å². The van der Waals surface area contributed by atoms with E-state index in [0.29, 0.717) is 11.4 Å². The number of carbonyl (C=O) groups is 1. The molecule has 0 aliphatic carbocycles. The standard InChI is InChI=1S/C16H15ClO2/c1-11-2-4-12(5-3-11)10-15(16(18)19)13-6-8-14(17)9-7-13/h2-9,15H,10H2,1H3,(H,18,19). The summed E-state index contributed by atoms with van der Waals surface area (Å²) >= 11 is 5.83. The molecule has 0 spiro atoms. The number of halogens is 1. The Morgan fingerprint density at radius 1 is 1.11 bits per heavy atom. The lowest BCUT2D eigenvalue weighted by molar-refractivity contribution is -0.138. The summed E-state index contributed by atoms with van der Waals surface area (Å²) in [5, 5.41) is 9.99. The van der Waals surface area contributed by atoms with Crippen LogP contribution in [0.2, 0.25) is 5.02 Å². The molecule has 1 unspecified atom stereocenters. The first-order valence-corrected chi connectivity index (χ1v) is 6.48. The van der Waals surface area contributed by atoms with Gasteiger partial charge in [0, 0.05) is 5.02 Å². The van der Waals surface area contributed by atoms with Gasteiger partial charge in [-0.25, -0.2) is 0 Å². The molecule has 0 saturated heterocycles. The number of aryl methyl sites for hydroxylation is 1. The smallest absolute Gasteiger partial charge is 0.311 e. The van der Waals surface area contributed by atoms with E-state index in [1.807, 2.05) is 31.2 Å². The van der Waals surface area contributed by atoms with Crippen LogP contribution in [0, 0.1) is 6.92 Å². The highest BCUT2D eigenvalue weighted by Gasteiger charge is 2.20. The van der Waals surface area contributed by atoms with Crippen molar-refractivity contribution in [1.29, 1.82) is 0 Å².